The zero-order chi connectivity index (χ0) is 22.3. The van der Waals surface area contributed by atoms with Gasteiger partial charge in [0.15, 0.2) is 0 Å². The Balaban J connectivity index is 2.15. The first-order valence-corrected chi connectivity index (χ1v) is 11.4. The highest BCUT2D eigenvalue weighted by atomic mass is 35.5. The van der Waals surface area contributed by atoms with Crippen LogP contribution in [0.5, 0.6) is 0 Å². The molecule has 1 aromatic heterocycles. The number of sulfonamides is 1. The van der Waals surface area contributed by atoms with E-state index in [9.17, 15) is 13.2 Å². The highest BCUT2D eigenvalue weighted by Crippen LogP contribution is 2.35. The van der Waals surface area contributed by atoms with Crippen molar-refractivity contribution >= 4 is 67.4 Å². The molecule has 3 aromatic rings. The first-order chi connectivity index (χ1) is 13.9. The van der Waals surface area contributed by atoms with Gasteiger partial charge in [0.2, 0.25) is 0 Å². The normalized spacial score (nSPS) is 12.2. The highest BCUT2D eigenvalue weighted by molar-refractivity contribution is 7.92. The Labute approximate surface area is 189 Å². The summed E-state index contributed by atoms with van der Waals surface area (Å²) in [5, 5.41) is 1.16. The van der Waals surface area contributed by atoms with Gasteiger partial charge in [0.25, 0.3) is 10.0 Å². The van der Waals surface area contributed by atoms with Gasteiger partial charge in [-0.15, -0.1) is 0 Å². The Kier molecular flexibility index (Phi) is 6.30. The molecule has 0 bridgehead atoms. The van der Waals surface area contributed by atoms with E-state index in [0.29, 0.717) is 0 Å². The summed E-state index contributed by atoms with van der Waals surface area (Å²) in [4.78, 5) is 15.4. The van der Waals surface area contributed by atoms with E-state index >= 15 is 0 Å². The van der Waals surface area contributed by atoms with Crippen LogP contribution in [0.15, 0.2) is 47.5 Å². The summed E-state index contributed by atoms with van der Waals surface area (Å²) in [5.74, 6) is -0.732. The number of carbonyl (C=O) groups is 1. The molecule has 160 valence electrons. The van der Waals surface area contributed by atoms with Gasteiger partial charge in [-0.3, -0.25) is 9.10 Å². The monoisotopic (exact) mass is 488 g/mol. The van der Waals surface area contributed by atoms with Gasteiger partial charge >= 0.3 is 5.97 Å². The number of nitrogens with one attached hydrogen (secondary N) is 1. The minimum absolute atomic E-state index is 0.130. The third kappa shape index (κ3) is 5.03. The summed E-state index contributed by atoms with van der Waals surface area (Å²) in [5.41, 5.74) is 0.0650. The molecule has 1 N–H and O–H groups in total. The van der Waals surface area contributed by atoms with Crippen LogP contribution in [0.4, 0.5) is 5.69 Å². The molecule has 3 rings (SSSR count). The van der Waals surface area contributed by atoms with Gasteiger partial charge < -0.3 is 9.72 Å². The summed E-state index contributed by atoms with van der Waals surface area (Å²) < 4.78 is 33.2. The molecule has 30 heavy (non-hydrogen) atoms. The van der Waals surface area contributed by atoms with Crippen LogP contribution >= 0.6 is 34.8 Å². The van der Waals surface area contributed by atoms with Crippen molar-refractivity contribution in [3.8, 4) is 0 Å². The Hall–Kier alpha value is -1.93. The predicted octanol–water partition coefficient (Wildman–Crippen LogP) is 5.67. The summed E-state index contributed by atoms with van der Waals surface area (Å²) in [7, 11) is -4.26. The van der Waals surface area contributed by atoms with Crippen LogP contribution in [-0.4, -0.2) is 31.5 Å². The fourth-order valence-electron chi connectivity index (χ4n) is 2.85. The SMILES string of the molecule is CC(C)(C)OC(=O)CN(c1cc2cc[nH]c2cc1Cl)S(=O)(=O)c1cc(Cl)cc(Cl)c1. The Bertz CT molecular complexity index is 1200. The first-order valence-electron chi connectivity index (χ1n) is 8.84. The number of anilines is 1. The van der Waals surface area contributed by atoms with E-state index in [2.05, 4.69) is 4.98 Å². The number of halogens is 3. The van der Waals surface area contributed by atoms with Crippen LogP contribution < -0.4 is 4.31 Å². The van der Waals surface area contributed by atoms with Crippen LogP contribution in [-0.2, 0) is 19.6 Å². The van der Waals surface area contributed by atoms with E-state index in [0.717, 1.165) is 15.2 Å². The second-order valence-corrected chi connectivity index (χ2v) is 10.7. The summed E-state index contributed by atoms with van der Waals surface area (Å²) in [6.45, 7) is 4.50. The summed E-state index contributed by atoms with van der Waals surface area (Å²) >= 11 is 18.4. The van der Waals surface area contributed by atoms with Gasteiger partial charge in [-0.1, -0.05) is 34.8 Å². The fourth-order valence-corrected chi connectivity index (χ4v) is 5.31. The molecule has 0 aliphatic heterocycles. The molecule has 6 nitrogen and oxygen atoms in total. The quantitative estimate of drug-likeness (QED) is 0.469. The van der Waals surface area contributed by atoms with Crippen LogP contribution in [0.25, 0.3) is 10.9 Å². The molecule has 0 spiro atoms. The Morgan fingerprint density at radius 3 is 2.30 bits per heavy atom. The molecular weight excluding hydrogens is 471 g/mol. The number of fused-ring (bicyclic) bond motifs is 1. The minimum Gasteiger partial charge on any atom is -0.459 e. The van der Waals surface area contributed by atoms with E-state index in [4.69, 9.17) is 39.5 Å². The molecule has 0 aliphatic carbocycles. The second-order valence-electron chi connectivity index (χ2n) is 7.57. The largest absolute Gasteiger partial charge is 0.459 e. The van der Waals surface area contributed by atoms with Crippen molar-refractivity contribution in [1.82, 2.24) is 4.98 Å². The lowest BCUT2D eigenvalue weighted by molar-refractivity contribution is -0.152. The molecule has 10 heteroatoms. The van der Waals surface area contributed by atoms with Gasteiger partial charge in [-0.25, -0.2) is 8.42 Å². The van der Waals surface area contributed by atoms with Crippen LogP contribution in [0, 0.1) is 0 Å². The number of benzene rings is 2. The van der Waals surface area contributed by atoms with Gasteiger partial charge in [-0.2, -0.15) is 0 Å². The first kappa shape index (κ1) is 22.7. The highest BCUT2D eigenvalue weighted by Gasteiger charge is 2.31. The topological polar surface area (TPSA) is 79.5 Å². The molecular formula is C20H19Cl3N2O4S. The number of rotatable bonds is 5. The van der Waals surface area contributed by atoms with Gasteiger partial charge in [0.05, 0.1) is 15.6 Å². The number of aromatic amines is 1. The second kappa shape index (κ2) is 8.30. The number of hydrogen-bond donors (Lipinski definition) is 1. The van der Waals surface area contributed by atoms with Crippen molar-refractivity contribution < 1.29 is 17.9 Å². The van der Waals surface area contributed by atoms with Gasteiger partial charge in [0.1, 0.15) is 12.1 Å². The third-order valence-corrected chi connectivity index (χ3v) is 6.48. The zero-order valence-electron chi connectivity index (χ0n) is 16.4. The number of hydrogen-bond acceptors (Lipinski definition) is 4. The van der Waals surface area contributed by atoms with Gasteiger partial charge in [-0.05, 0) is 57.2 Å². The maximum atomic E-state index is 13.5. The summed E-state index contributed by atoms with van der Waals surface area (Å²) in [6.07, 6.45) is 1.70. The van der Waals surface area contributed by atoms with E-state index in [1.54, 1.807) is 45.2 Å². The standard InChI is InChI=1S/C20H19Cl3N2O4S/c1-20(2,3)29-19(26)11-25(18-6-12-4-5-24-17(12)10-16(18)23)30(27,28)15-8-13(21)7-14(22)9-15/h4-10,24H,11H2,1-3H3. The van der Waals surface area contributed by atoms with E-state index in [1.165, 1.54) is 18.2 Å². The average molecular weight is 490 g/mol. The molecule has 0 saturated carbocycles. The molecule has 0 atom stereocenters. The van der Waals surface area contributed by atoms with Crippen molar-refractivity contribution in [3.63, 3.8) is 0 Å². The van der Waals surface area contributed by atoms with Crippen LogP contribution in [0.1, 0.15) is 20.8 Å². The lowest BCUT2D eigenvalue weighted by Gasteiger charge is -2.27. The van der Waals surface area contributed by atoms with Crippen molar-refractivity contribution in [3.05, 3.63) is 57.7 Å². The molecule has 0 radical (unpaired) electrons. The maximum absolute atomic E-state index is 13.5. The average Bonchev–Trinajstić information content (AvgIpc) is 3.03. The van der Waals surface area contributed by atoms with Crippen LogP contribution in [0.3, 0.4) is 0 Å². The van der Waals surface area contributed by atoms with Crippen molar-refractivity contribution in [2.24, 2.45) is 0 Å². The van der Waals surface area contributed by atoms with E-state index in [-0.39, 0.29) is 25.7 Å². The molecule has 2 aromatic carbocycles. The zero-order valence-corrected chi connectivity index (χ0v) is 19.5. The predicted molar refractivity (Wildman–Crippen MR) is 120 cm³/mol. The fraction of sp³-hybridized carbons (Fsp3) is 0.250. The lowest BCUT2D eigenvalue weighted by Crippen LogP contribution is -2.39. The number of nitrogens with zero attached hydrogens (tertiary/aromatic N) is 1. The minimum atomic E-state index is -4.26. The molecule has 0 fully saturated rings. The lowest BCUT2D eigenvalue weighted by atomic mass is 10.2. The molecule has 0 unspecified atom stereocenters. The Morgan fingerprint density at radius 2 is 1.70 bits per heavy atom. The van der Waals surface area contributed by atoms with Gasteiger partial charge in [0, 0.05) is 27.1 Å². The van der Waals surface area contributed by atoms with Crippen molar-refractivity contribution in [2.75, 3.05) is 10.8 Å². The molecule has 0 amide bonds. The van der Waals surface area contributed by atoms with Crippen molar-refractivity contribution in [2.45, 2.75) is 31.3 Å². The van der Waals surface area contributed by atoms with E-state index < -0.39 is 28.1 Å². The number of ether oxygens (including phenoxy) is 1. The smallest absolute Gasteiger partial charge is 0.327 e. The number of H-pyrrole nitrogens is 1. The van der Waals surface area contributed by atoms with Crippen LogP contribution in [0.2, 0.25) is 15.1 Å². The summed E-state index contributed by atoms with van der Waals surface area (Å²) in [6, 6.07) is 8.88. The molecule has 0 saturated heterocycles. The number of esters is 1. The van der Waals surface area contributed by atoms with E-state index in [1.807, 2.05) is 0 Å². The number of carbonyl (C=O) groups excluding carboxylic acids is 1. The maximum Gasteiger partial charge on any atom is 0.327 e. The third-order valence-electron chi connectivity index (χ3n) is 4.01. The van der Waals surface area contributed by atoms with Crippen molar-refractivity contribution in [1.29, 1.82) is 0 Å². The number of aromatic nitrogens is 1. The Morgan fingerprint density at radius 1 is 1.07 bits per heavy atom. The molecule has 1 heterocycles. The molecule has 0 aliphatic rings.